The van der Waals surface area contributed by atoms with E-state index >= 15 is 0 Å². The van der Waals surface area contributed by atoms with Crippen molar-refractivity contribution in [1.82, 2.24) is 15.8 Å². The van der Waals surface area contributed by atoms with Crippen LogP contribution in [-0.4, -0.2) is 50.0 Å². The van der Waals surface area contributed by atoms with Gasteiger partial charge < -0.3 is 10.2 Å². The maximum absolute atomic E-state index is 13.3. The zero-order valence-electron chi connectivity index (χ0n) is 12.0. The van der Waals surface area contributed by atoms with Gasteiger partial charge in [-0.1, -0.05) is 11.8 Å². The molecule has 1 heterocycles. The smallest absolute Gasteiger partial charge is 0.186 e. The zero-order chi connectivity index (χ0) is 17.5. The Morgan fingerprint density at radius 1 is 1.50 bits per heavy atom. The minimum atomic E-state index is -0.961. The van der Waals surface area contributed by atoms with Crippen LogP contribution in [0, 0.1) is 17.1 Å². The first-order valence-electron chi connectivity index (χ1n) is 6.52. The van der Waals surface area contributed by atoms with Crippen molar-refractivity contribution in [2.45, 2.75) is 11.1 Å². The highest BCUT2D eigenvalue weighted by atomic mass is 32.2. The molecule has 0 unspecified atom stereocenters. The Bertz CT molecular complexity index is 776. The van der Waals surface area contributed by atoms with E-state index in [1.807, 2.05) is 5.48 Å². The number of nitriles is 1. The van der Waals surface area contributed by atoms with Crippen LogP contribution in [0.2, 0.25) is 0 Å². The molecule has 0 bridgehead atoms. The van der Waals surface area contributed by atoms with Crippen molar-refractivity contribution in [2.24, 2.45) is 4.99 Å². The molecule has 4 N–H and O–H groups in total. The Labute approximate surface area is 139 Å². The van der Waals surface area contributed by atoms with E-state index in [1.54, 1.807) is 6.07 Å². The average Bonchev–Trinajstić information content (AvgIpc) is 3.07. The lowest BCUT2D eigenvalue weighted by molar-refractivity contribution is 0.113. The number of thioether (sulfide) groups is 1. The molecule has 0 saturated heterocycles. The summed E-state index contributed by atoms with van der Waals surface area (Å²) in [5.41, 5.74) is 1.88. The topological polar surface area (TPSA) is 148 Å². The number of hydrogen-bond donors (Lipinski definition) is 4. The number of rotatable bonds is 6. The van der Waals surface area contributed by atoms with Crippen molar-refractivity contribution in [3.63, 3.8) is 0 Å². The molecule has 0 amide bonds. The Hall–Kier alpha value is -2.52. The third-order valence-corrected chi connectivity index (χ3v) is 3.82. The summed E-state index contributed by atoms with van der Waals surface area (Å²) in [6, 6.07) is 5.26. The van der Waals surface area contributed by atoms with Gasteiger partial charge in [0.05, 0.1) is 24.0 Å². The number of aliphatic hydroxyl groups excluding tert-OH is 2. The van der Waals surface area contributed by atoms with Crippen LogP contribution in [-0.2, 0) is 0 Å². The number of aliphatic hydroxyl groups is 2. The first-order chi connectivity index (χ1) is 11.6. The van der Waals surface area contributed by atoms with Gasteiger partial charge in [-0.2, -0.15) is 5.26 Å². The Kier molecular flexibility index (Phi) is 6.21. The van der Waals surface area contributed by atoms with Crippen molar-refractivity contribution < 1.29 is 24.4 Å². The molecule has 24 heavy (non-hydrogen) atoms. The molecule has 0 saturated carbocycles. The van der Waals surface area contributed by atoms with E-state index in [2.05, 4.69) is 19.9 Å². The van der Waals surface area contributed by atoms with Crippen LogP contribution in [0.3, 0.4) is 0 Å². The average molecular weight is 353 g/mol. The van der Waals surface area contributed by atoms with Crippen molar-refractivity contribution in [3.05, 3.63) is 35.3 Å². The molecule has 2 aromatic rings. The monoisotopic (exact) mass is 353 g/mol. The first kappa shape index (κ1) is 17.8. The predicted molar refractivity (Wildman–Crippen MR) is 80.3 cm³/mol. The summed E-state index contributed by atoms with van der Waals surface area (Å²) in [6.45, 7) is -0.417. The molecular weight excluding hydrogens is 341 g/mol. The molecule has 0 aliphatic carbocycles. The predicted octanol–water partition coefficient (Wildman–Crippen LogP) is 0.583. The van der Waals surface area contributed by atoms with Gasteiger partial charge in [-0.05, 0) is 28.5 Å². The quantitative estimate of drug-likeness (QED) is 0.253. The van der Waals surface area contributed by atoms with Gasteiger partial charge in [-0.25, -0.2) is 14.0 Å². The van der Waals surface area contributed by atoms with Gasteiger partial charge in [0.15, 0.2) is 16.6 Å². The molecule has 1 atom stereocenters. The van der Waals surface area contributed by atoms with Gasteiger partial charge in [0, 0.05) is 5.75 Å². The van der Waals surface area contributed by atoms with Crippen LogP contribution in [0.15, 0.2) is 32.8 Å². The normalized spacial score (nSPS) is 12.7. The highest BCUT2D eigenvalue weighted by Gasteiger charge is 2.18. The lowest BCUT2D eigenvalue weighted by atomic mass is 10.2. The van der Waals surface area contributed by atoms with Crippen molar-refractivity contribution >= 4 is 23.3 Å². The van der Waals surface area contributed by atoms with E-state index in [-0.39, 0.29) is 33.6 Å². The molecule has 0 fully saturated rings. The molecule has 9 nitrogen and oxygen atoms in total. The van der Waals surface area contributed by atoms with Gasteiger partial charge in [-0.3, -0.25) is 10.7 Å². The summed E-state index contributed by atoms with van der Waals surface area (Å²) < 4.78 is 17.9. The molecule has 0 aliphatic rings. The lowest BCUT2D eigenvalue weighted by Gasteiger charge is -2.06. The Balaban J connectivity index is 2.29. The van der Waals surface area contributed by atoms with Gasteiger partial charge in [-0.15, -0.1) is 0 Å². The van der Waals surface area contributed by atoms with Crippen LogP contribution in [0.4, 0.5) is 10.1 Å². The number of halogens is 1. The number of benzene rings is 1. The van der Waals surface area contributed by atoms with Crippen LogP contribution < -0.4 is 5.48 Å². The summed E-state index contributed by atoms with van der Waals surface area (Å²) in [7, 11) is 0. The Morgan fingerprint density at radius 2 is 2.29 bits per heavy atom. The molecule has 0 radical (unpaired) electrons. The van der Waals surface area contributed by atoms with Crippen molar-refractivity contribution in [1.29, 1.82) is 5.26 Å². The summed E-state index contributed by atoms with van der Waals surface area (Å²) in [4.78, 5) is 4.03. The first-order valence-corrected chi connectivity index (χ1v) is 7.50. The number of nitrogens with zero attached hydrogens (tertiary/aromatic N) is 4. The molecule has 126 valence electrons. The highest BCUT2D eigenvalue weighted by Crippen LogP contribution is 2.22. The van der Waals surface area contributed by atoms with E-state index in [0.29, 0.717) is 0 Å². The van der Waals surface area contributed by atoms with Crippen molar-refractivity contribution in [3.8, 4) is 6.07 Å². The van der Waals surface area contributed by atoms with Crippen molar-refractivity contribution in [2.75, 3.05) is 12.4 Å². The molecule has 0 spiro atoms. The molecule has 1 aromatic carbocycles. The van der Waals surface area contributed by atoms with E-state index in [4.69, 9.17) is 10.4 Å². The number of aromatic nitrogens is 2. The van der Waals surface area contributed by atoms with Crippen LogP contribution in [0.1, 0.15) is 11.3 Å². The number of aliphatic imine (C=N–C) groups is 1. The van der Waals surface area contributed by atoms with Crippen LogP contribution in [0.5, 0.6) is 0 Å². The van der Waals surface area contributed by atoms with E-state index in [1.165, 1.54) is 12.1 Å². The van der Waals surface area contributed by atoms with Crippen LogP contribution in [0.25, 0.3) is 0 Å². The summed E-state index contributed by atoms with van der Waals surface area (Å²) in [5.74, 6) is -0.717. The number of amidine groups is 1. The fraction of sp³-hybridized carbons (Fsp3) is 0.231. The lowest BCUT2D eigenvalue weighted by Crippen LogP contribution is -2.21. The molecular formula is C13H12FN5O4S. The van der Waals surface area contributed by atoms with Gasteiger partial charge >= 0.3 is 0 Å². The second-order valence-electron chi connectivity index (χ2n) is 4.41. The second kappa shape index (κ2) is 8.37. The maximum Gasteiger partial charge on any atom is 0.186 e. The molecule has 11 heteroatoms. The maximum atomic E-state index is 13.3. The zero-order valence-corrected chi connectivity index (χ0v) is 12.9. The molecule has 2 rings (SSSR count). The SMILES string of the molecule is N#Cc1cc(N=C(NO)c2nonc2SC[C@H](O)CO)ccc1F. The fourth-order valence-electron chi connectivity index (χ4n) is 1.58. The van der Waals surface area contributed by atoms with Crippen LogP contribution >= 0.6 is 11.8 Å². The minimum Gasteiger partial charge on any atom is -0.394 e. The highest BCUT2D eigenvalue weighted by molar-refractivity contribution is 7.99. The minimum absolute atomic E-state index is 0.0514. The summed E-state index contributed by atoms with van der Waals surface area (Å²) in [6.07, 6.45) is -0.961. The van der Waals surface area contributed by atoms with Gasteiger partial charge in [0.2, 0.25) is 0 Å². The van der Waals surface area contributed by atoms with Gasteiger partial charge in [0.25, 0.3) is 0 Å². The number of hydrogen-bond acceptors (Lipinski definition) is 9. The second-order valence-corrected chi connectivity index (χ2v) is 5.42. The van der Waals surface area contributed by atoms with E-state index in [9.17, 15) is 14.7 Å². The largest absolute Gasteiger partial charge is 0.394 e. The third-order valence-electron chi connectivity index (χ3n) is 2.72. The summed E-state index contributed by atoms with van der Waals surface area (Å²) >= 11 is 1.03. The van der Waals surface area contributed by atoms with Gasteiger partial charge in [0.1, 0.15) is 11.9 Å². The fourth-order valence-corrected chi connectivity index (χ4v) is 2.39. The number of nitrogens with one attached hydrogen (secondary N) is 1. The summed E-state index contributed by atoms with van der Waals surface area (Å²) in [5, 5.41) is 43.7. The van der Waals surface area contributed by atoms with E-state index in [0.717, 1.165) is 17.8 Å². The number of hydroxylamine groups is 1. The Morgan fingerprint density at radius 3 is 2.96 bits per heavy atom. The molecule has 0 aliphatic heterocycles. The molecule has 1 aromatic heterocycles. The third kappa shape index (κ3) is 4.27. The standard InChI is InChI=1S/C13H12FN5O4S/c14-10-2-1-8(3-7(10)4-15)16-12(17-22)11-13(19-23-18-11)24-6-9(21)5-20/h1-3,9,20-22H,5-6H2,(H,16,17)/t9-/m1/s1. The van der Waals surface area contributed by atoms with E-state index < -0.39 is 18.5 Å².